The first-order valence-electron chi connectivity index (χ1n) is 9.23. The van der Waals surface area contributed by atoms with Crippen LogP contribution < -0.4 is 10.1 Å². The molecule has 1 saturated carbocycles. The SMILES string of the molecule is CCC(=O)C(CC)(CC)NC(=O)c1ccc(C(F)(F)F)c(OCC2CC2)n1. The zero-order valence-corrected chi connectivity index (χ0v) is 15.8. The number of hydrogen-bond donors (Lipinski definition) is 1. The van der Waals surface area contributed by atoms with E-state index < -0.39 is 29.1 Å². The summed E-state index contributed by atoms with van der Waals surface area (Å²) in [6.45, 7) is 5.40. The minimum atomic E-state index is -4.63. The topological polar surface area (TPSA) is 68.3 Å². The lowest BCUT2D eigenvalue weighted by atomic mass is 9.86. The first-order chi connectivity index (χ1) is 12.7. The molecule has 27 heavy (non-hydrogen) atoms. The molecule has 1 aromatic heterocycles. The van der Waals surface area contributed by atoms with E-state index in [9.17, 15) is 22.8 Å². The number of alkyl halides is 3. The maximum absolute atomic E-state index is 13.2. The van der Waals surface area contributed by atoms with Gasteiger partial charge in [0.1, 0.15) is 11.3 Å². The Morgan fingerprint density at radius 3 is 2.30 bits per heavy atom. The number of pyridine rings is 1. The van der Waals surface area contributed by atoms with Crippen molar-refractivity contribution in [1.82, 2.24) is 10.3 Å². The van der Waals surface area contributed by atoms with Crippen LogP contribution in [0.3, 0.4) is 0 Å². The third-order valence-electron chi connectivity index (χ3n) is 4.97. The Balaban J connectivity index is 2.29. The van der Waals surface area contributed by atoms with Crippen molar-refractivity contribution in [2.24, 2.45) is 5.92 Å². The molecule has 0 bridgehead atoms. The van der Waals surface area contributed by atoms with Gasteiger partial charge in [0, 0.05) is 6.42 Å². The van der Waals surface area contributed by atoms with Crippen LogP contribution in [-0.2, 0) is 11.0 Å². The van der Waals surface area contributed by atoms with Crippen molar-refractivity contribution in [1.29, 1.82) is 0 Å². The summed E-state index contributed by atoms with van der Waals surface area (Å²) in [4.78, 5) is 28.7. The molecule has 150 valence electrons. The van der Waals surface area contributed by atoms with E-state index in [1.54, 1.807) is 20.8 Å². The highest BCUT2D eigenvalue weighted by molar-refractivity contribution is 5.98. The number of rotatable bonds is 9. The number of carbonyl (C=O) groups is 2. The Morgan fingerprint density at radius 2 is 1.81 bits per heavy atom. The summed E-state index contributed by atoms with van der Waals surface area (Å²) in [6, 6.07) is 1.81. The fourth-order valence-corrected chi connectivity index (χ4v) is 2.88. The van der Waals surface area contributed by atoms with Gasteiger partial charge in [-0.3, -0.25) is 9.59 Å². The molecule has 5 nitrogen and oxygen atoms in total. The molecule has 1 N–H and O–H groups in total. The minimum absolute atomic E-state index is 0.127. The van der Waals surface area contributed by atoms with E-state index in [4.69, 9.17) is 4.74 Å². The highest BCUT2D eigenvalue weighted by atomic mass is 19.4. The molecule has 0 unspecified atom stereocenters. The first-order valence-corrected chi connectivity index (χ1v) is 9.23. The fourth-order valence-electron chi connectivity index (χ4n) is 2.88. The molecular formula is C19H25F3N2O3. The first kappa shape index (κ1) is 21.2. The van der Waals surface area contributed by atoms with Crippen molar-refractivity contribution < 1.29 is 27.5 Å². The summed E-state index contributed by atoms with van der Waals surface area (Å²) in [6.07, 6.45) is -1.79. The van der Waals surface area contributed by atoms with Crippen LogP contribution in [0.2, 0.25) is 0 Å². The van der Waals surface area contributed by atoms with E-state index in [0.29, 0.717) is 12.8 Å². The molecule has 1 fully saturated rings. The fraction of sp³-hybridized carbons (Fsp3) is 0.632. The summed E-state index contributed by atoms with van der Waals surface area (Å²) in [5, 5.41) is 2.67. The van der Waals surface area contributed by atoms with Crippen LogP contribution >= 0.6 is 0 Å². The number of amides is 1. The van der Waals surface area contributed by atoms with Crippen molar-refractivity contribution in [2.45, 2.75) is 64.6 Å². The number of aromatic nitrogens is 1. The number of nitrogens with zero attached hydrogens (tertiary/aromatic N) is 1. The molecular weight excluding hydrogens is 361 g/mol. The second-order valence-corrected chi connectivity index (χ2v) is 6.82. The molecule has 0 saturated heterocycles. The number of hydrogen-bond acceptors (Lipinski definition) is 4. The van der Waals surface area contributed by atoms with Crippen LogP contribution in [0.5, 0.6) is 5.88 Å². The number of carbonyl (C=O) groups excluding carboxylic acids is 2. The van der Waals surface area contributed by atoms with E-state index in [-0.39, 0.29) is 30.4 Å². The van der Waals surface area contributed by atoms with Crippen molar-refractivity contribution in [2.75, 3.05) is 6.61 Å². The third kappa shape index (κ3) is 4.99. The Bertz CT molecular complexity index is 696. The molecule has 1 aromatic rings. The minimum Gasteiger partial charge on any atom is -0.477 e. The van der Waals surface area contributed by atoms with E-state index in [1.807, 2.05) is 0 Å². The predicted octanol–water partition coefficient (Wildman–Crippen LogP) is 4.16. The van der Waals surface area contributed by atoms with Crippen molar-refractivity contribution in [3.05, 3.63) is 23.4 Å². The molecule has 0 aromatic carbocycles. The second kappa shape index (κ2) is 8.27. The molecule has 0 atom stereocenters. The quantitative estimate of drug-likeness (QED) is 0.692. The van der Waals surface area contributed by atoms with Crippen molar-refractivity contribution in [3.8, 4) is 5.88 Å². The predicted molar refractivity (Wildman–Crippen MR) is 93.5 cm³/mol. The monoisotopic (exact) mass is 386 g/mol. The van der Waals surface area contributed by atoms with Crippen LogP contribution in [0.25, 0.3) is 0 Å². The molecule has 0 radical (unpaired) electrons. The van der Waals surface area contributed by atoms with Crippen LogP contribution in [0, 0.1) is 5.92 Å². The summed E-state index contributed by atoms with van der Waals surface area (Å²) in [5.74, 6) is -1.17. The summed E-state index contributed by atoms with van der Waals surface area (Å²) >= 11 is 0. The molecule has 1 amide bonds. The summed E-state index contributed by atoms with van der Waals surface area (Å²) in [5.41, 5.74) is -2.27. The number of ketones is 1. The van der Waals surface area contributed by atoms with Gasteiger partial charge in [-0.05, 0) is 43.7 Å². The van der Waals surface area contributed by atoms with Crippen LogP contribution in [0.4, 0.5) is 13.2 Å². The van der Waals surface area contributed by atoms with Crippen LogP contribution in [-0.4, -0.2) is 28.8 Å². The van der Waals surface area contributed by atoms with Crippen molar-refractivity contribution >= 4 is 11.7 Å². The Morgan fingerprint density at radius 1 is 1.19 bits per heavy atom. The normalized spacial score (nSPS) is 14.7. The average molecular weight is 386 g/mol. The Labute approximate surface area is 156 Å². The average Bonchev–Trinajstić information content (AvgIpc) is 3.47. The number of nitrogens with one attached hydrogen (secondary N) is 1. The lowest BCUT2D eigenvalue weighted by Gasteiger charge is -2.31. The Kier molecular flexibility index (Phi) is 6.49. The summed E-state index contributed by atoms with van der Waals surface area (Å²) < 4.78 is 44.8. The maximum atomic E-state index is 13.2. The van der Waals surface area contributed by atoms with Crippen molar-refractivity contribution in [3.63, 3.8) is 0 Å². The van der Waals surface area contributed by atoms with E-state index in [0.717, 1.165) is 25.0 Å². The molecule has 0 aliphatic heterocycles. The number of ether oxygens (including phenoxy) is 1. The van der Waals surface area contributed by atoms with Crippen LogP contribution in [0.15, 0.2) is 12.1 Å². The van der Waals surface area contributed by atoms with Crippen LogP contribution in [0.1, 0.15) is 68.9 Å². The highest BCUT2D eigenvalue weighted by Crippen LogP contribution is 2.37. The van der Waals surface area contributed by atoms with E-state index in [1.165, 1.54) is 0 Å². The van der Waals surface area contributed by atoms with Gasteiger partial charge in [-0.2, -0.15) is 13.2 Å². The lowest BCUT2D eigenvalue weighted by Crippen LogP contribution is -2.53. The zero-order valence-electron chi connectivity index (χ0n) is 15.8. The molecule has 0 spiro atoms. The van der Waals surface area contributed by atoms with Gasteiger partial charge in [-0.25, -0.2) is 4.98 Å². The lowest BCUT2D eigenvalue weighted by molar-refractivity contribution is -0.139. The van der Waals surface area contributed by atoms with Gasteiger partial charge in [-0.15, -0.1) is 0 Å². The van der Waals surface area contributed by atoms with Gasteiger partial charge >= 0.3 is 6.18 Å². The van der Waals surface area contributed by atoms with E-state index >= 15 is 0 Å². The molecule has 2 rings (SSSR count). The molecule has 1 heterocycles. The third-order valence-corrected chi connectivity index (χ3v) is 4.97. The van der Waals surface area contributed by atoms with Gasteiger partial charge in [-0.1, -0.05) is 20.8 Å². The zero-order chi connectivity index (χ0) is 20.2. The molecule has 1 aliphatic rings. The summed E-state index contributed by atoms with van der Waals surface area (Å²) in [7, 11) is 0. The van der Waals surface area contributed by atoms with Gasteiger partial charge in [0.2, 0.25) is 5.88 Å². The Hall–Kier alpha value is -2.12. The standard InChI is InChI=1S/C19H25F3N2O3/c1-4-15(25)18(5-2,6-3)24-16(26)14-10-9-13(19(20,21)22)17(23-14)27-11-12-7-8-12/h9-10,12H,4-8,11H2,1-3H3,(H,24,26). The van der Waals surface area contributed by atoms with Gasteiger partial charge in [0.25, 0.3) is 5.91 Å². The largest absolute Gasteiger partial charge is 0.477 e. The van der Waals surface area contributed by atoms with Gasteiger partial charge in [0.05, 0.1) is 12.1 Å². The second-order valence-electron chi connectivity index (χ2n) is 6.82. The number of halogens is 3. The molecule has 1 aliphatic carbocycles. The van der Waals surface area contributed by atoms with E-state index in [2.05, 4.69) is 10.3 Å². The highest BCUT2D eigenvalue weighted by Gasteiger charge is 2.38. The van der Waals surface area contributed by atoms with Gasteiger partial charge < -0.3 is 10.1 Å². The maximum Gasteiger partial charge on any atom is 0.421 e. The molecule has 8 heteroatoms. The number of Topliss-reactive ketones (excluding diaryl/α,β-unsaturated/α-hetero) is 1. The van der Waals surface area contributed by atoms with Gasteiger partial charge in [0.15, 0.2) is 5.78 Å². The smallest absolute Gasteiger partial charge is 0.421 e.